The first kappa shape index (κ1) is 18.5. The first-order valence-electron chi connectivity index (χ1n) is 9.73. The van der Waals surface area contributed by atoms with E-state index in [1.807, 2.05) is 35.9 Å². The molecule has 1 aromatic carbocycles. The monoisotopic (exact) mass is 450 g/mol. The van der Waals surface area contributed by atoms with Crippen LogP contribution in [0.2, 0.25) is 0 Å². The van der Waals surface area contributed by atoms with Gasteiger partial charge in [0.25, 0.3) is 0 Å². The van der Waals surface area contributed by atoms with Gasteiger partial charge in [0.15, 0.2) is 0 Å². The average molecular weight is 451 g/mol. The lowest BCUT2D eigenvalue weighted by molar-refractivity contribution is 1.37. The topological polar surface area (TPSA) is 25.8 Å². The van der Waals surface area contributed by atoms with E-state index in [0.717, 1.165) is 32.9 Å². The van der Waals surface area contributed by atoms with Gasteiger partial charge in [-0.2, -0.15) is 0 Å². The molecule has 31 heavy (non-hydrogen) atoms. The summed E-state index contributed by atoms with van der Waals surface area (Å²) in [4.78, 5) is 14.2. The minimum absolute atomic E-state index is 0.896. The second-order valence-electron chi connectivity index (χ2n) is 6.95. The van der Waals surface area contributed by atoms with E-state index in [4.69, 9.17) is 0 Å². The molecule has 0 aliphatic carbocycles. The summed E-state index contributed by atoms with van der Waals surface area (Å²) in [7, 11) is 0. The highest BCUT2D eigenvalue weighted by atomic mass is 32.1. The molecule has 0 aliphatic rings. The fraction of sp³-hybridized carbons (Fsp3) is 0. The van der Waals surface area contributed by atoms with E-state index in [2.05, 4.69) is 81.1 Å². The molecule has 6 rings (SSSR count). The summed E-state index contributed by atoms with van der Waals surface area (Å²) in [6.45, 7) is 0. The molecule has 0 fully saturated rings. The molecule has 0 N–H and O–H groups in total. The third kappa shape index (κ3) is 3.35. The fourth-order valence-electron chi connectivity index (χ4n) is 3.61. The Hall–Kier alpha value is -3.30. The van der Waals surface area contributed by atoms with Crippen molar-refractivity contribution in [2.45, 2.75) is 0 Å². The Kier molecular flexibility index (Phi) is 4.62. The molecule has 6 aromatic rings. The number of hydrogen-bond acceptors (Lipinski definition) is 5. The predicted octanol–water partition coefficient (Wildman–Crippen LogP) is 7.70. The number of benzene rings is 1. The molecule has 5 heterocycles. The molecule has 5 heteroatoms. The van der Waals surface area contributed by atoms with Crippen LogP contribution in [-0.4, -0.2) is 9.97 Å². The Morgan fingerprint density at radius 1 is 0.645 bits per heavy atom. The third-order valence-corrected chi connectivity index (χ3v) is 8.31. The van der Waals surface area contributed by atoms with Crippen LogP contribution in [0.3, 0.4) is 0 Å². The molecule has 0 spiro atoms. The lowest BCUT2D eigenvalue weighted by atomic mass is 10.1. The van der Waals surface area contributed by atoms with Crippen molar-refractivity contribution in [2.24, 2.45) is 0 Å². The van der Waals surface area contributed by atoms with Crippen LogP contribution in [0.5, 0.6) is 0 Å². The number of hydrogen-bond donors (Lipinski definition) is 0. The molecule has 0 radical (unpaired) electrons. The lowest BCUT2D eigenvalue weighted by Gasteiger charge is -2.03. The molecule has 0 saturated heterocycles. The summed E-state index contributed by atoms with van der Waals surface area (Å²) >= 11 is 5.33. The van der Waals surface area contributed by atoms with Gasteiger partial charge < -0.3 is 0 Å². The first-order chi connectivity index (χ1) is 15.4. The number of nitrogens with zero attached hydrogens (tertiary/aromatic N) is 2. The Labute approximate surface area is 191 Å². The average Bonchev–Trinajstić information content (AvgIpc) is 3.58. The number of pyridine rings is 2. The van der Waals surface area contributed by atoms with Crippen molar-refractivity contribution in [3.05, 3.63) is 94.9 Å². The Morgan fingerprint density at radius 3 is 2.29 bits per heavy atom. The van der Waals surface area contributed by atoms with Crippen molar-refractivity contribution < 1.29 is 0 Å². The zero-order valence-corrected chi connectivity index (χ0v) is 18.7. The number of thiophene rings is 3. The molecular weight excluding hydrogens is 437 g/mol. The molecule has 146 valence electrons. The van der Waals surface area contributed by atoms with Crippen molar-refractivity contribution in [2.75, 3.05) is 0 Å². The van der Waals surface area contributed by atoms with E-state index < -0.39 is 0 Å². The number of rotatable bonds is 2. The van der Waals surface area contributed by atoms with Gasteiger partial charge in [-0.15, -0.1) is 34.0 Å². The molecule has 2 nitrogen and oxygen atoms in total. The summed E-state index contributed by atoms with van der Waals surface area (Å²) in [6.07, 6.45) is 3.64. The number of fused-ring (bicyclic) bond motifs is 3. The van der Waals surface area contributed by atoms with Crippen LogP contribution in [0.25, 0.3) is 41.3 Å². The maximum Gasteiger partial charge on any atom is 0.0977 e. The largest absolute Gasteiger partial charge is 0.254 e. The quantitative estimate of drug-likeness (QED) is 0.199. The van der Waals surface area contributed by atoms with E-state index in [0.29, 0.717) is 0 Å². The molecule has 0 amide bonds. The van der Waals surface area contributed by atoms with Gasteiger partial charge in [-0.05, 0) is 41.1 Å². The van der Waals surface area contributed by atoms with Crippen LogP contribution in [0, 0.1) is 11.8 Å². The lowest BCUT2D eigenvalue weighted by Crippen LogP contribution is -1.87. The van der Waals surface area contributed by atoms with E-state index in [1.165, 1.54) is 19.5 Å². The fourth-order valence-corrected chi connectivity index (χ4v) is 6.42. The van der Waals surface area contributed by atoms with Gasteiger partial charge in [0.05, 0.1) is 15.9 Å². The zero-order chi connectivity index (χ0) is 20.6. The molecule has 0 aliphatic heterocycles. The highest BCUT2D eigenvalue weighted by Crippen LogP contribution is 2.41. The predicted molar refractivity (Wildman–Crippen MR) is 134 cm³/mol. The van der Waals surface area contributed by atoms with Crippen LogP contribution in [0.15, 0.2) is 83.8 Å². The van der Waals surface area contributed by atoms with Crippen molar-refractivity contribution in [1.29, 1.82) is 0 Å². The standard InChI is InChI=1S/C26H14N2S3/c1-4-18-9-10-20-17(11-13-28-25(20)24(18)27-12-1)7-8-19-16-23(21-5-2-14-29-21)31-26(19)22-6-3-15-30-22/h1-6,9-16H. The van der Waals surface area contributed by atoms with E-state index in [-0.39, 0.29) is 0 Å². The van der Waals surface area contributed by atoms with Crippen LogP contribution >= 0.6 is 34.0 Å². The van der Waals surface area contributed by atoms with Gasteiger partial charge in [-0.25, -0.2) is 0 Å². The Bertz CT molecular complexity index is 1580. The summed E-state index contributed by atoms with van der Waals surface area (Å²) in [5, 5.41) is 6.36. The van der Waals surface area contributed by atoms with E-state index >= 15 is 0 Å². The molecule has 0 saturated carbocycles. The van der Waals surface area contributed by atoms with Crippen molar-refractivity contribution in [1.82, 2.24) is 9.97 Å². The van der Waals surface area contributed by atoms with Gasteiger partial charge in [0.2, 0.25) is 0 Å². The van der Waals surface area contributed by atoms with Gasteiger partial charge >= 0.3 is 0 Å². The second kappa shape index (κ2) is 7.75. The molecule has 0 unspecified atom stereocenters. The normalized spacial score (nSPS) is 11.0. The molecule has 0 bridgehead atoms. The summed E-state index contributed by atoms with van der Waals surface area (Å²) in [5.74, 6) is 6.89. The van der Waals surface area contributed by atoms with Gasteiger partial charge in [-0.3, -0.25) is 9.97 Å². The first-order valence-corrected chi connectivity index (χ1v) is 12.3. The van der Waals surface area contributed by atoms with Crippen molar-refractivity contribution >= 4 is 55.8 Å². The number of aromatic nitrogens is 2. The highest BCUT2D eigenvalue weighted by molar-refractivity contribution is 7.26. The van der Waals surface area contributed by atoms with Crippen LogP contribution in [0.1, 0.15) is 11.1 Å². The molecular formula is C26H14N2S3. The minimum atomic E-state index is 0.896. The third-order valence-electron chi connectivity index (χ3n) is 5.06. The van der Waals surface area contributed by atoms with Gasteiger partial charge in [0.1, 0.15) is 0 Å². The summed E-state index contributed by atoms with van der Waals surface area (Å²) in [6, 6.07) is 20.9. The summed E-state index contributed by atoms with van der Waals surface area (Å²) in [5.41, 5.74) is 3.85. The smallest absolute Gasteiger partial charge is 0.0977 e. The van der Waals surface area contributed by atoms with E-state index in [9.17, 15) is 0 Å². The maximum absolute atomic E-state index is 4.60. The van der Waals surface area contributed by atoms with Crippen LogP contribution in [-0.2, 0) is 0 Å². The van der Waals surface area contributed by atoms with Crippen molar-refractivity contribution in [3.8, 4) is 31.3 Å². The van der Waals surface area contributed by atoms with Crippen molar-refractivity contribution in [3.63, 3.8) is 0 Å². The second-order valence-corrected chi connectivity index (χ2v) is 9.90. The zero-order valence-electron chi connectivity index (χ0n) is 16.2. The highest BCUT2D eigenvalue weighted by Gasteiger charge is 2.13. The van der Waals surface area contributed by atoms with Gasteiger partial charge in [-0.1, -0.05) is 42.2 Å². The minimum Gasteiger partial charge on any atom is -0.254 e. The SMILES string of the molecule is C(#Cc1ccnc2c1ccc1cccnc12)c1cc(-c2cccs2)sc1-c1cccs1. The summed E-state index contributed by atoms with van der Waals surface area (Å²) < 4.78 is 0. The maximum atomic E-state index is 4.60. The molecule has 0 atom stereocenters. The van der Waals surface area contributed by atoms with Gasteiger partial charge in [0, 0.05) is 48.9 Å². The molecule has 5 aromatic heterocycles. The Morgan fingerprint density at radius 2 is 1.45 bits per heavy atom. The van der Waals surface area contributed by atoms with E-state index in [1.54, 1.807) is 22.7 Å². The van der Waals surface area contributed by atoms with Crippen LogP contribution < -0.4 is 0 Å². The van der Waals surface area contributed by atoms with Crippen LogP contribution in [0.4, 0.5) is 0 Å². The Balaban J connectivity index is 1.51.